The number of nitrogens with zero attached hydrogens (tertiary/aromatic N) is 1. The summed E-state index contributed by atoms with van der Waals surface area (Å²) in [5, 5.41) is 3.47. The average Bonchev–Trinajstić information content (AvgIpc) is 2.97. The molecule has 1 N–H and O–H groups in total. The van der Waals surface area contributed by atoms with Gasteiger partial charge in [0, 0.05) is 18.0 Å². The van der Waals surface area contributed by atoms with Crippen LogP contribution in [0, 0.1) is 0 Å². The number of rotatable bonds is 3. The molecule has 0 aromatic carbocycles. The predicted molar refractivity (Wildman–Crippen MR) is 57.7 cm³/mol. The van der Waals surface area contributed by atoms with Gasteiger partial charge in [0.05, 0.1) is 19.0 Å². The van der Waals surface area contributed by atoms with E-state index in [-0.39, 0.29) is 0 Å². The van der Waals surface area contributed by atoms with Gasteiger partial charge in [-0.1, -0.05) is 0 Å². The Labute approximate surface area is 93.7 Å². The molecule has 2 aromatic rings. The second-order valence-electron chi connectivity index (χ2n) is 4.09. The van der Waals surface area contributed by atoms with Crippen LogP contribution >= 0.6 is 0 Å². The Bertz CT molecular complexity index is 447. The van der Waals surface area contributed by atoms with E-state index in [4.69, 9.17) is 8.83 Å². The van der Waals surface area contributed by atoms with Crippen molar-refractivity contribution < 1.29 is 8.83 Å². The molecule has 1 unspecified atom stereocenters. The van der Waals surface area contributed by atoms with Gasteiger partial charge in [0.15, 0.2) is 6.39 Å². The maximum Gasteiger partial charge on any atom is 0.180 e. The van der Waals surface area contributed by atoms with Crippen LogP contribution in [-0.2, 0) is 13.0 Å². The summed E-state index contributed by atoms with van der Waals surface area (Å²) in [5.41, 5.74) is 1.30. The van der Waals surface area contributed by atoms with Gasteiger partial charge in [-0.05, 0) is 18.9 Å². The monoisotopic (exact) mass is 218 g/mol. The molecule has 4 heteroatoms. The third-order valence-electron chi connectivity index (χ3n) is 3.06. The lowest BCUT2D eigenvalue weighted by molar-refractivity contribution is 0.391. The zero-order chi connectivity index (χ0) is 10.8. The summed E-state index contributed by atoms with van der Waals surface area (Å²) in [4.78, 5) is 3.90. The SMILES string of the molecule is c1ncc(CNC2CCCc3occc32)o1. The molecule has 0 saturated heterocycles. The van der Waals surface area contributed by atoms with E-state index in [1.165, 1.54) is 18.4 Å². The van der Waals surface area contributed by atoms with E-state index in [0.717, 1.165) is 30.9 Å². The van der Waals surface area contributed by atoms with Crippen LogP contribution in [0.25, 0.3) is 0 Å². The van der Waals surface area contributed by atoms with Crippen LogP contribution in [0.3, 0.4) is 0 Å². The van der Waals surface area contributed by atoms with Crippen LogP contribution in [0.4, 0.5) is 0 Å². The number of aryl methyl sites for hydroxylation is 1. The van der Waals surface area contributed by atoms with Crippen molar-refractivity contribution in [3.8, 4) is 0 Å². The molecule has 1 atom stereocenters. The fourth-order valence-electron chi connectivity index (χ4n) is 2.25. The summed E-state index contributed by atoms with van der Waals surface area (Å²) in [5.74, 6) is 2.00. The van der Waals surface area contributed by atoms with Crippen molar-refractivity contribution in [3.05, 3.63) is 42.0 Å². The molecule has 1 aliphatic rings. The number of hydrogen-bond donors (Lipinski definition) is 1. The standard InChI is InChI=1S/C12H14N2O2/c1-2-11(10-4-5-15-12(10)3-1)14-7-9-6-13-8-16-9/h4-6,8,11,14H,1-3,7H2. The van der Waals surface area contributed by atoms with Crippen LogP contribution in [-0.4, -0.2) is 4.98 Å². The number of fused-ring (bicyclic) bond motifs is 1. The van der Waals surface area contributed by atoms with Crippen molar-refractivity contribution in [2.24, 2.45) is 0 Å². The molecule has 0 radical (unpaired) electrons. The zero-order valence-electron chi connectivity index (χ0n) is 8.98. The van der Waals surface area contributed by atoms with Gasteiger partial charge in [-0.2, -0.15) is 0 Å². The summed E-state index contributed by atoms with van der Waals surface area (Å²) >= 11 is 0. The van der Waals surface area contributed by atoms with Gasteiger partial charge in [0.25, 0.3) is 0 Å². The number of oxazole rings is 1. The van der Waals surface area contributed by atoms with Crippen LogP contribution in [0.5, 0.6) is 0 Å². The molecule has 1 aliphatic carbocycles. The molecule has 0 aliphatic heterocycles. The topological polar surface area (TPSA) is 51.2 Å². The molecule has 84 valence electrons. The minimum absolute atomic E-state index is 0.382. The van der Waals surface area contributed by atoms with Crippen molar-refractivity contribution in [3.63, 3.8) is 0 Å². The van der Waals surface area contributed by atoms with E-state index < -0.39 is 0 Å². The summed E-state index contributed by atoms with van der Waals surface area (Å²) in [6.07, 6.45) is 8.37. The van der Waals surface area contributed by atoms with Gasteiger partial charge in [-0.3, -0.25) is 0 Å². The smallest absolute Gasteiger partial charge is 0.180 e. The first kappa shape index (κ1) is 9.66. The van der Waals surface area contributed by atoms with Crippen molar-refractivity contribution in [1.82, 2.24) is 10.3 Å². The number of aromatic nitrogens is 1. The van der Waals surface area contributed by atoms with Crippen molar-refractivity contribution in [2.45, 2.75) is 31.8 Å². The largest absolute Gasteiger partial charge is 0.469 e. The van der Waals surface area contributed by atoms with E-state index >= 15 is 0 Å². The van der Waals surface area contributed by atoms with Crippen molar-refractivity contribution in [2.75, 3.05) is 0 Å². The third-order valence-corrected chi connectivity index (χ3v) is 3.06. The first-order valence-electron chi connectivity index (χ1n) is 5.60. The Balaban J connectivity index is 1.69. The molecular formula is C12H14N2O2. The minimum atomic E-state index is 0.382. The Kier molecular flexibility index (Phi) is 2.50. The average molecular weight is 218 g/mol. The maximum atomic E-state index is 5.45. The van der Waals surface area contributed by atoms with E-state index in [0.29, 0.717) is 6.04 Å². The summed E-state index contributed by atoms with van der Waals surface area (Å²) < 4.78 is 10.6. The molecule has 4 nitrogen and oxygen atoms in total. The van der Waals surface area contributed by atoms with E-state index in [1.807, 2.05) is 0 Å². The highest BCUT2D eigenvalue weighted by Crippen LogP contribution is 2.30. The Hall–Kier alpha value is -1.55. The van der Waals surface area contributed by atoms with Gasteiger partial charge in [-0.15, -0.1) is 0 Å². The maximum absolute atomic E-state index is 5.45. The molecule has 0 saturated carbocycles. The molecule has 0 spiro atoms. The predicted octanol–water partition coefficient (Wildman–Crippen LogP) is 2.43. The quantitative estimate of drug-likeness (QED) is 0.859. The first-order chi connectivity index (χ1) is 7.93. The minimum Gasteiger partial charge on any atom is -0.469 e. The van der Waals surface area contributed by atoms with E-state index in [9.17, 15) is 0 Å². The highest BCUT2D eigenvalue weighted by Gasteiger charge is 2.22. The molecule has 16 heavy (non-hydrogen) atoms. The summed E-state index contributed by atoms with van der Waals surface area (Å²) in [6.45, 7) is 0.718. The van der Waals surface area contributed by atoms with Crippen LogP contribution < -0.4 is 5.32 Å². The van der Waals surface area contributed by atoms with E-state index in [2.05, 4.69) is 16.4 Å². The number of hydrogen-bond acceptors (Lipinski definition) is 4. The summed E-state index contributed by atoms with van der Waals surface area (Å²) in [7, 11) is 0. The van der Waals surface area contributed by atoms with Gasteiger partial charge in [-0.25, -0.2) is 4.98 Å². The molecule has 0 amide bonds. The van der Waals surface area contributed by atoms with Crippen LogP contribution in [0.2, 0.25) is 0 Å². The highest BCUT2D eigenvalue weighted by molar-refractivity contribution is 5.24. The Morgan fingerprint density at radius 3 is 3.31 bits per heavy atom. The molecular weight excluding hydrogens is 204 g/mol. The molecule has 0 fully saturated rings. The first-order valence-corrected chi connectivity index (χ1v) is 5.60. The fourth-order valence-corrected chi connectivity index (χ4v) is 2.25. The number of furan rings is 1. The molecule has 3 rings (SSSR count). The van der Waals surface area contributed by atoms with Crippen LogP contribution in [0.15, 0.2) is 33.8 Å². The Morgan fingerprint density at radius 2 is 2.44 bits per heavy atom. The second-order valence-corrected chi connectivity index (χ2v) is 4.09. The van der Waals surface area contributed by atoms with Gasteiger partial charge in [0.2, 0.25) is 0 Å². The lowest BCUT2D eigenvalue weighted by Gasteiger charge is -2.22. The van der Waals surface area contributed by atoms with Crippen molar-refractivity contribution >= 4 is 0 Å². The van der Waals surface area contributed by atoms with Gasteiger partial charge in [0.1, 0.15) is 11.5 Å². The lowest BCUT2D eigenvalue weighted by atomic mass is 9.93. The van der Waals surface area contributed by atoms with Crippen molar-refractivity contribution in [1.29, 1.82) is 0 Å². The van der Waals surface area contributed by atoms with Crippen LogP contribution in [0.1, 0.15) is 36.0 Å². The van der Waals surface area contributed by atoms with Gasteiger partial charge < -0.3 is 14.2 Å². The molecule has 2 aromatic heterocycles. The fraction of sp³-hybridized carbons (Fsp3) is 0.417. The second kappa shape index (κ2) is 4.14. The summed E-state index contributed by atoms with van der Waals surface area (Å²) in [6, 6.07) is 2.44. The zero-order valence-corrected chi connectivity index (χ0v) is 8.98. The normalized spacial score (nSPS) is 19.6. The molecule has 0 bridgehead atoms. The van der Waals surface area contributed by atoms with E-state index in [1.54, 1.807) is 12.5 Å². The van der Waals surface area contributed by atoms with Gasteiger partial charge >= 0.3 is 0 Å². The Morgan fingerprint density at radius 1 is 1.44 bits per heavy atom. The third kappa shape index (κ3) is 1.76. The number of nitrogens with one attached hydrogen (secondary N) is 1. The molecule has 2 heterocycles. The lowest BCUT2D eigenvalue weighted by Crippen LogP contribution is -2.23. The highest BCUT2D eigenvalue weighted by atomic mass is 16.3.